The van der Waals surface area contributed by atoms with Crippen molar-refractivity contribution in [1.29, 1.82) is 0 Å². The molecular weight excluding hydrogens is 428 g/mol. The third kappa shape index (κ3) is 4.92. The van der Waals surface area contributed by atoms with Gasteiger partial charge in [0.2, 0.25) is 15.9 Å². The fourth-order valence-electron chi connectivity index (χ4n) is 3.70. The number of carbonyl (C=O) groups excluding carboxylic acids is 1. The summed E-state index contributed by atoms with van der Waals surface area (Å²) in [6, 6.07) is 15.5. The van der Waals surface area contributed by atoms with Gasteiger partial charge >= 0.3 is 5.97 Å². The van der Waals surface area contributed by atoms with Crippen molar-refractivity contribution in [2.24, 2.45) is 0 Å². The number of sulfonamides is 1. The third-order valence-electron chi connectivity index (χ3n) is 5.53. The predicted octanol–water partition coefficient (Wildman–Crippen LogP) is 4.57. The van der Waals surface area contributed by atoms with E-state index >= 15 is 0 Å². The highest BCUT2D eigenvalue weighted by Gasteiger charge is 2.26. The SMILES string of the molecule is Cc1oc(-c2ccccc2)nc1COC(=O)c1cccc(S(=O)(=O)N2CCCCCC2)c1. The van der Waals surface area contributed by atoms with E-state index in [0.717, 1.165) is 31.2 Å². The summed E-state index contributed by atoms with van der Waals surface area (Å²) in [6.45, 7) is 2.71. The minimum Gasteiger partial charge on any atom is -0.455 e. The Morgan fingerprint density at radius 2 is 1.75 bits per heavy atom. The van der Waals surface area contributed by atoms with Crippen molar-refractivity contribution >= 4 is 16.0 Å². The smallest absolute Gasteiger partial charge is 0.338 e. The molecule has 2 aromatic carbocycles. The van der Waals surface area contributed by atoms with Gasteiger partial charge in [-0.05, 0) is 50.1 Å². The van der Waals surface area contributed by atoms with Crippen LogP contribution in [0.25, 0.3) is 11.5 Å². The largest absolute Gasteiger partial charge is 0.455 e. The number of esters is 1. The number of oxazole rings is 1. The van der Waals surface area contributed by atoms with Crippen molar-refractivity contribution in [2.45, 2.75) is 44.1 Å². The van der Waals surface area contributed by atoms with Crippen LogP contribution >= 0.6 is 0 Å². The van der Waals surface area contributed by atoms with E-state index in [1.807, 2.05) is 30.3 Å². The first-order valence-corrected chi connectivity index (χ1v) is 12.2. The third-order valence-corrected chi connectivity index (χ3v) is 7.42. The van der Waals surface area contributed by atoms with Gasteiger partial charge in [-0.1, -0.05) is 37.1 Å². The topological polar surface area (TPSA) is 89.7 Å². The second kappa shape index (κ2) is 9.67. The molecule has 0 aliphatic carbocycles. The van der Waals surface area contributed by atoms with Gasteiger partial charge in [0, 0.05) is 18.7 Å². The predicted molar refractivity (Wildman–Crippen MR) is 119 cm³/mol. The molecule has 3 aromatic rings. The van der Waals surface area contributed by atoms with Gasteiger partial charge in [0.1, 0.15) is 18.1 Å². The summed E-state index contributed by atoms with van der Waals surface area (Å²) in [7, 11) is -3.64. The highest BCUT2D eigenvalue weighted by Crippen LogP contribution is 2.23. The second-order valence-corrected chi connectivity index (χ2v) is 9.75. The molecule has 168 valence electrons. The number of hydrogen-bond acceptors (Lipinski definition) is 6. The highest BCUT2D eigenvalue weighted by atomic mass is 32.2. The number of ether oxygens (including phenoxy) is 1. The standard InChI is InChI=1S/C24H26N2O5S/c1-18-22(25-23(31-18)19-10-5-4-6-11-19)17-30-24(27)20-12-9-13-21(16-20)32(28,29)26-14-7-2-3-8-15-26/h4-6,9-13,16H,2-3,7-8,14-15,17H2,1H3. The molecular formula is C24H26N2O5S. The molecule has 0 N–H and O–H groups in total. The summed E-state index contributed by atoms with van der Waals surface area (Å²) < 4.78 is 38.7. The average Bonchev–Trinajstić information content (AvgIpc) is 3.00. The average molecular weight is 455 g/mol. The lowest BCUT2D eigenvalue weighted by Crippen LogP contribution is -2.32. The van der Waals surface area contributed by atoms with Gasteiger partial charge in [-0.2, -0.15) is 4.31 Å². The van der Waals surface area contributed by atoms with E-state index < -0.39 is 16.0 Å². The normalized spacial score (nSPS) is 15.3. The number of aryl methyl sites for hydroxylation is 1. The Morgan fingerprint density at radius 3 is 2.47 bits per heavy atom. The van der Waals surface area contributed by atoms with Crippen LogP contribution in [-0.2, 0) is 21.4 Å². The fourth-order valence-corrected chi connectivity index (χ4v) is 5.26. The molecule has 1 fully saturated rings. The number of carbonyl (C=O) groups is 1. The first-order valence-electron chi connectivity index (χ1n) is 10.7. The lowest BCUT2D eigenvalue weighted by atomic mass is 10.2. The minimum absolute atomic E-state index is 0.0654. The molecule has 0 atom stereocenters. The van der Waals surface area contributed by atoms with Gasteiger partial charge in [0.25, 0.3) is 0 Å². The zero-order chi connectivity index (χ0) is 22.6. The van der Waals surface area contributed by atoms with Crippen LogP contribution in [-0.4, -0.2) is 36.8 Å². The van der Waals surface area contributed by atoms with E-state index in [1.54, 1.807) is 19.1 Å². The molecule has 1 aromatic heterocycles. The maximum atomic E-state index is 13.0. The highest BCUT2D eigenvalue weighted by molar-refractivity contribution is 7.89. The summed E-state index contributed by atoms with van der Waals surface area (Å²) >= 11 is 0. The van der Waals surface area contributed by atoms with Crippen molar-refractivity contribution in [1.82, 2.24) is 9.29 Å². The Labute approximate surface area is 188 Å². The van der Waals surface area contributed by atoms with Gasteiger partial charge in [0.05, 0.1) is 10.5 Å². The van der Waals surface area contributed by atoms with E-state index in [9.17, 15) is 13.2 Å². The van der Waals surface area contributed by atoms with Crippen molar-refractivity contribution in [3.8, 4) is 11.5 Å². The molecule has 1 aliphatic rings. The number of rotatable bonds is 6. The van der Waals surface area contributed by atoms with Crippen molar-refractivity contribution in [3.05, 3.63) is 71.6 Å². The Kier molecular flexibility index (Phi) is 6.72. The first-order chi connectivity index (χ1) is 15.4. The van der Waals surface area contributed by atoms with Crippen LogP contribution in [0.15, 0.2) is 63.9 Å². The Hall–Kier alpha value is -2.97. The molecule has 8 heteroatoms. The van der Waals surface area contributed by atoms with E-state index in [-0.39, 0.29) is 17.1 Å². The lowest BCUT2D eigenvalue weighted by molar-refractivity contribution is 0.0466. The molecule has 2 heterocycles. The molecule has 0 bridgehead atoms. The van der Waals surface area contributed by atoms with Crippen LogP contribution < -0.4 is 0 Å². The molecule has 0 saturated carbocycles. The zero-order valence-electron chi connectivity index (χ0n) is 18.0. The van der Waals surface area contributed by atoms with Gasteiger partial charge in [-0.25, -0.2) is 18.2 Å². The summed E-state index contributed by atoms with van der Waals surface area (Å²) in [4.78, 5) is 17.2. The maximum Gasteiger partial charge on any atom is 0.338 e. The van der Waals surface area contributed by atoms with Crippen LogP contribution in [0.5, 0.6) is 0 Å². The molecule has 0 amide bonds. The maximum absolute atomic E-state index is 13.0. The number of benzene rings is 2. The Balaban J connectivity index is 1.46. The van der Waals surface area contributed by atoms with Crippen molar-refractivity contribution in [3.63, 3.8) is 0 Å². The van der Waals surface area contributed by atoms with E-state index in [1.165, 1.54) is 16.4 Å². The first kappa shape index (κ1) is 22.2. The molecule has 32 heavy (non-hydrogen) atoms. The second-order valence-electron chi connectivity index (χ2n) is 7.81. The van der Waals surface area contributed by atoms with Gasteiger partial charge < -0.3 is 9.15 Å². The van der Waals surface area contributed by atoms with Crippen LogP contribution in [0.1, 0.15) is 47.5 Å². The summed E-state index contributed by atoms with van der Waals surface area (Å²) in [5.74, 6) is 0.412. The van der Waals surface area contributed by atoms with Crippen LogP contribution in [0.4, 0.5) is 0 Å². The van der Waals surface area contributed by atoms with Crippen LogP contribution in [0.3, 0.4) is 0 Å². The summed E-state index contributed by atoms with van der Waals surface area (Å²) in [5, 5.41) is 0. The molecule has 0 radical (unpaired) electrons. The van der Waals surface area contributed by atoms with Crippen LogP contribution in [0.2, 0.25) is 0 Å². The zero-order valence-corrected chi connectivity index (χ0v) is 18.8. The molecule has 4 rings (SSSR count). The van der Waals surface area contributed by atoms with E-state index in [2.05, 4.69) is 4.98 Å². The monoisotopic (exact) mass is 454 g/mol. The Morgan fingerprint density at radius 1 is 1.03 bits per heavy atom. The quantitative estimate of drug-likeness (QED) is 0.507. The van der Waals surface area contributed by atoms with Crippen LogP contribution in [0, 0.1) is 6.92 Å². The van der Waals surface area contributed by atoms with E-state index in [0.29, 0.717) is 30.4 Å². The molecule has 1 aliphatic heterocycles. The summed E-state index contributed by atoms with van der Waals surface area (Å²) in [5.41, 5.74) is 1.54. The molecule has 0 spiro atoms. The Bertz CT molecular complexity index is 1180. The molecule has 0 unspecified atom stereocenters. The van der Waals surface area contributed by atoms with Crippen molar-refractivity contribution in [2.75, 3.05) is 13.1 Å². The fraction of sp³-hybridized carbons (Fsp3) is 0.333. The minimum atomic E-state index is -3.64. The molecule has 1 saturated heterocycles. The van der Waals surface area contributed by atoms with Crippen molar-refractivity contribution < 1.29 is 22.4 Å². The van der Waals surface area contributed by atoms with Gasteiger partial charge in [-0.3, -0.25) is 0 Å². The number of hydrogen-bond donors (Lipinski definition) is 0. The lowest BCUT2D eigenvalue weighted by Gasteiger charge is -2.20. The number of nitrogens with zero attached hydrogens (tertiary/aromatic N) is 2. The van der Waals surface area contributed by atoms with Gasteiger partial charge in [-0.15, -0.1) is 0 Å². The van der Waals surface area contributed by atoms with E-state index in [4.69, 9.17) is 9.15 Å². The molecule has 7 nitrogen and oxygen atoms in total. The number of aromatic nitrogens is 1. The van der Waals surface area contributed by atoms with Gasteiger partial charge in [0.15, 0.2) is 0 Å². The summed E-state index contributed by atoms with van der Waals surface area (Å²) in [6.07, 6.45) is 3.77.